The largest absolute Gasteiger partial charge is 0.573 e. The van der Waals surface area contributed by atoms with Gasteiger partial charge in [0.05, 0.1) is 4.47 Å². The van der Waals surface area contributed by atoms with E-state index in [9.17, 15) is 18.3 Å². The van der Waals surface area contributed by atoms with Crippen LogP contribution in [0.25, 0.3) is 0 Å². The van der Waals surface area contributed by atoms with E-state index in [4.69, 9.17) is 4.42 Å². The molecule has 2 rings (SSSR count). The highest BCUT2D eigenvalue weighted by atomic mass is 79.9. The number of benzene rings is 1. The smallest absolute Gasteiger partial charge is 0.450 e. The fraction of sp³-hybridized carbons (Fsp3) is 0.231. The summed E-state index contributed by atoms with van der Waals surface area (Å²) in [6, 6.07) is 6.93. The average Bonchev–Trinajstić information content (AvgIpc) is 2.70. The van der Waals surface area contributed by atoms with Crippen LogP contribution in [0.15, 0.2) is 43.9 Å². The molecular formula is C13H9Br2F3O3. The Labute approximate surface area is 135 Å². The molecule has 0 aliphatic rings. The Hall–Kier alpha value is -0.990. The molecule has 0 fully saturated rings. The fourth-order valence-electron chi connectivity index (χ4n) is 1.68. The van der Waals surface area contributed by atoms with Gasteiger partial charge in [0.2, 0.25) is 0 Å². The van der Waals surface area contributed by atoms with Gasteiger partial charge in [0.15, 0.2) is 4.67 Å². The van der Waals surface area contributed by atoms with Gasteiger partial charge in [0.1, 0.15) is 17.6 Å². The van der Waals surface area contributed by atoms with Gasteiger partial charge in [0.25, 0.3) is 0 Å². The second kappa shape index (κ2) is 6.41. The summed E-state index contributed by atoms with van der Waals surface area (Å²) in [5.74, 6) is 0.0496. The maximum Gasteiger partial charge on any atom is 0.573 e. The number of furan rings is 1. The first kappa shape index (κ1) is 16.4. The summed E-state index contributed by atoms with van der Waals surface area (Å²) in [7, 11) is 0. The zero-order valence-electron chi connectivity index (χ0n) is 10.3. The fourth-order valence-corrected chi connectivity index (χ4v) is 2.29. The van der Waals surface area contributed by atoms with Gasteiger partial charge in [0, 0.05) is 6.42 Å². The molecule has 0 saturated heterocycles. The molecule has 0 radical (unpaired) electrons. The number of rotatable bonds is 4. The van der Waals surface area contributed by atoms with Crippen molar-refractivity contribution in [3.05, 3.63) is 50.8 Å². The molecule has 3 nitrogen and oxygen atoms in total. The van der Waals surface area contributed by atoms with Gasteiger partial charge in [-0.3, -0.25) is 0 Å². The number of ether oxygens (including phenoxy) is 1. The molecule has 1 atom stereocenters. The lowest BCUT2D eigenvalue weighted by atomic mass is 10.1. The molecule has 0 bridgehead atoms. The second-order valence-electron chi connectivity index (χ2n) is 4.18. The van der Waals surface area contributed by atoms with Crippen molar-refractivity contribution in [1.29, 1.82) is 0 Å². The van der Waals surface area contributed by atoms with Crippen LogP contribution in [-0.2, 0) is 6.42 Å². The van der Waals surface area contributed by atoms with Gasteiger partial charge in [-0.15, -0.1) is 13.2 Å². The number of hydrogen-bond donors (Lipinski definition) is 1. The van der Waals surface area contributed by atoms with Gasteiger partial charge < -0.3 is 14.3 Å². The SMILES string of the molecule is OC(Cc1ccc(OC(F)(F)F)cc1)c1cc(Br)c(Br)o1. The lowest BCUT2D eigenvalue weighted by Gasteiger charge is -2.10. The highest BCUT2D eigenvalue weighted by Gasteiger charge is 2.31. The lowest BCUT2D eigenvalue weighted by Crippen LogP contribution is -2.17. The maximum absolute atomic E-state index is 12.0. The van der Waals surface area contributed by atoms with E-state index in [-0.39, 0.29) is 12.2 Å². The van der Waals surface area contributed by atoms with Crippen molar-refractivity contribution in [2.24, 2.45) is 0 Å². The summed E-state index contributed by atoms with van der Waals surface area (Å²) in [6.45, 7) is 0. The van der Waals surface area contributed by atoms with Crippen LogP contribution in [0.2, 0.25) is 0 Å². The Balaban J connectivity index is 2.03. The molecule has 21 heavy (non-hydrogen) atoms. The van der Waals surface area contributed by atoms with Crippen LogP contribution in [0, 0.1) is 0 Å². The van der Waals surface area contributed by atoms with E-state index in [1.165, 1.54) is 24.3 Å². The van der Waals surface area contributed by atoms with Crippen LogP contribution in [-0.4, -0.2) is 11.5 Å². The van der Waals surface area contributed by atoms with Crippen LogP contribution in [0.5, 0.6) is 5.75 Å². The average molecular weight is 430 g/mol. The normalized spacial score (nSPS) is 13.2. The van der Waals surface area contributed by atoms with Crippen LogP contribution in [0.4, 0.5) is 13.2 Å². The van der Waals surface area contributed by atoms with Gasteiger partial charge in [-0.25, -0.2) is 0 Å². The monoisotopic (exact) mass is 428 g/mol. The Bertz CT molecular complexity index is 589. The van der Waals surface area contributed by atoms with Crippen molar-refractivity contribution < 1.29 is 27.4 Å². The Kier molecular flexibility index (Phi) is 5.00. The molecule has 0 spiro atoms. The summed E-state index contributed by atoms with van der Waals surface area (Å²) < 4.78 is 46.3. The van der Waals surface area contributed by atoms with E-state index < -0.39 is 12.5 Å². The maximum atomic E-state index is 12.0. The highest BCUT2D eigenvalue weighted by Crippen LogP contribution is 2.31. The third kappa shape index (κ3) is 4.76. The number of hydrogen-bond acceptors (Lipinski definition) is 3. The molecular weight excluding hydrogens is 421 g/mol. The minimum Gasteiger partial charge on any atom is -0.450 e. The quantitative estimate of drug-likeness (QED) is 0.745. The molecule has 8 heteroatoms. The summed E-state index contributed by atoms with van der Waals surface area (Å²) in [5.41, 5.74) is 0.653. The third-order valence-electron chi connectivity index (χ3n) is 2.58. The number of halogens is 5. The molecule has 2 aromatic rings. The van der Waals surface area contributed by atoms with Gasteiger partial charge in [-0.2, -0.15) is 0 Å². The Morgan fingerprint density at radius 2 is 1.81 bits per heavy atom. The topological polar surface area (TPSA) is 42.6 Å². The molecule has 0 amide bonds. The van der Waals surface area contributed by atoms with E-state index in [1.54, 1.807) is 6.07 Å². The second-order valence-corrected chi connectivity index (χ2v) is 5.76. The summed E-state index contributed by atoms with van der Waals surface area (Å²) in [5, 5.41) is 10.0. The zero-order valence-corrected chi connectivity index (χ0v) is 13.5. The van der Waals surface area contributed by atoms with E-state index in [0.29, 0.717) is 20.5 Å². The lowest BCUT2D eigenvalue weighted by molar-refractivity contribution is -0.274. The molecule has 0 aliphatic carbocycles. The van der Waals surface area contributed by atoms with Gasteiger partial charge in [-0.1, -0.05) is 12.1 Å². The Morgan fingerprint density at radius 1 is 1.19 bits per heavy atom. The molecule has 1 heterocycles. The van der Waals surface area contributed by atoms with Crippen LogP contribution < -0.4 is 4.74 Å². The minimum absolute atomic E-state index is 0.207. The van der Waals surface area contributed by atoms with Crippen molar-refractivity contribution in [2.75, 3.05) is 0 Å². The minimum atomic E-state index is -4.71. The number of aliphatic hydroxyl groups excluding tert-OH is 1. The van der Waals surface area contributed by atoms with E-state index in [0.717, 1.165) is 0 Å². The van der Waals surface area contributed by atoms with Crippen molar-refractivity contribution in [2.45, 2.75) is 18.9 Å². The third-order valence-corrected chi connectivity index (χ3v) is 4.29. The van der Waals surface area contributed by atoms with Gasteiger partial charge >= 0.3 is 6.36 Å². The Morgan fingerprint density at radius 3 is 2.29 bits per heavy atom. The van der Waals surface area contributed by atoms with E-state index in [2.05, 4.69) is 36.6 Å². The predicted octanol–water partition coefficient (Wildman–Crippen LogP) is 4.98. The summed E-state index contributed by atoms with van der Waals surface area (Å²) >= 11 is 6.39. The first-order valence-electron chi connectivity index (χ1n) is 5.72. The van der Waals surface area contributed by atoms with E-state index in [1.807, 2.05) is 0 Å². The van der Waals surface area contributed by atoms with Crippen molar-refractivity contribution in [3.8, 4) is 5.75 Å². The molecule has 0 saturated carbocycles. The van der Waals surface area contributed by atoms with Crippen LogP contribution in [0.3, 0.4) is 0 Å². The molecule has 1 aromatic heterocycles. The number of alkyl halides is 3. The molecule has 0 aliphatic heterocycles. The standard InChI is InChI=1S/C13H9Br2F3O3/c14-9-6-11(20-12(9)15)10(19)5-7-1-3-8(4-2-7)21-13(16,17)18/h1-4,6,10,19H,5H2. The predicted molar refractivity (Wildman–Crippen MR) is 75.9 cm³/mol. The molecule has 114 valence electrons. The molecule has 1 N–H and O–H groups in total. The first-order chi connectivity index (χ1) is 9.74. The van der Waals surface area contributed by atoms with Crippen LogP contribution >= 0.6 is 31.9 Å². The highest BCUT2D eigenvalue weighted by molar-refractivity contribution is 9.13. The first-order valence-corrected chi connectivity index (χ1v) is 7.30. The number of aliphatic hydroxyl groups is 1. The van der Waals surface area contributed by atoms with Crippen molar-refractivity contribution in [3.63, 3.8) is 0 Å². The van der Waals surface area contributed by atoms with Gasteiger partial charge in [-0.05, 0) is 55.6 Å². The summed E-state index contributed by atoms with van der Waals surface area (Å²) in [4.78, 5) is 0. The summed E-state index contributed by atoms with van der Waals surface area (Å²) in [6.07, 6.45) is -5.41. The van der Waals surface area contributed by atoms with E-state index >= 15 is 0 Å². The molecule has 1 unspecified atom stereocenters. The van der Waals surface area contributed by atoms with Crippen molar-refractivity contribution in [1.82, 2.24) is 0 Å². The van der Waals surface area contributed by atoms with Crippen LogP contribution in [0.1, 0.15) is 17.4 Å². The van der Waals surface area contributed by atoms with Crippen molar-refractivity contribution >= 4 is 31.9 Å². The molecule has 1 aromatic carbocycles. The zero-order chi connectivity index (χ0) is 15.6.